The maximum absolute atomic E-state index is 10.8. The second-order valence-electron chi connectivity index (χ2n) is 5.84. The summed E-state index contributed by atoms with van der Waals surface area (Å²) >= 11 is 0. The Morgan fingerprint density at radius 1 is 1.19 bits per heavy atom. The summed E-state index contributed by atoms with van der Waals surface area (Å²) in [6.45, 7) is -0.589. The lowest BCUT2D eigenvalue weighted by atomic mass is 9.99. The van der Waals surface area contributed by atoms with E-state index in [0.29, 0.717) is 16.5 Å². The summed E-state index contributed by atoms with van der Waals surface area (Å²) in [5.74, 6) is -1.02. The zero-order chi connectivity index (χ0) is 18.8. The number of carboxylic acid groups (broad SMARTS) is 1. The van der Waals surface area contributed by atoms with E-state index >= 15 is 0 Å². The van der Waals surface area contributed by atoms with Crippen LogP contribution in [-0.2, 0) is 9.53 Å². The van der Waals surface area contributed by atoms with E-state index in [1.165, 1.54) is 18.4 Å². The molecule has 1 aromatic heterocycles. The molecule has 1 aliphatic rings. The second kappa shape index (κ2) is 7.44. The third-order valence-corrected chi connectivity index (χ3v) is 4.08. The molecule has 0 saturated carbocycles. The van der Waals surface area contributed by atoms with Gasteiger partial charge < -0.3 is 39.4 Å². The number of hydrogen-bond acceptors (Lipinski definition) is 8. The summed E-state index contributed by atoms with van der Waals surface area (Å²) in [5, 5.41) is 48.5. The molecular weight excluding hydrogens is 348 g/mol. The molecule has 0 spiro atoms. The van der Waals surface area contributed by atoms with Gasteiger partial charge in [0.25, 0.3) is 0 Å². The average Bonchev–Trinajstić information content (AvgIpc) is 3.07. The highest BCUT2D eigenvalue weighted by Crippen LogP contribution is 2.31. The number of aliphatic carboxylic acids is 1. The quantitative estimate of drug-likeness (QED) is 0.450. The number of carboxylic acids is 1. The molecule has 5 unspecified atom stereocenters. The molecule has 2 aromatic rings. The largest absolute Gasteiger partial charge is 0.478 e. The molecule has 140 valence electrons. The summed E-state index contributed by atoms with van der Waals surface area (Å²) in [6, 6.07) is 4.79. The number of benzene rings is 1. The SMILES string of the molecule is O=C(O)C=Cc1cc2ccoc2cc1OC1OC(CO)C(O)C(O)C1O. The first-order valence-corrected chi connectivity index (χ1v) is 7.80. The van der Waals surface area contributed by atoms with Crippen LogP contribution in [0, 0.1) is 0 Å². The smallest absolute Gasteiger partial charge is 0.328 e. The molecule has 1 saturated heterocycles. The lowest BCUT2D eigenvalue weighted by Gasteiger charge is -2.39. The van der Waals surface area contributed by atoms with Gasteiger partial charge in [0, 0.05) is 23.1 Å². The summed E-state index contributed by atoms with van der Waals surface area (Å²) in [4.78, 5) is 10.8. The fraction of sp³-hybridized carbons (Fsp3) is 0.353. The number of furan rings is 1. The predicted molar refractivity (Wildman–Crippen MR) is 87.3 cm³/mol. The van der Waals surface area contributed by atoms with Gasteiger partial charge in [0.15, 0.2) is 0 Å². The molecule has 0 bridgehead atoms. The van der Waals surface area contributed by atoms with Gasteiger partial charge in [0.2, 0.25) is 6.29 Å². The van der Waals surface area contributed by atoms with E-state index in [4.69, 9.17) is 19.0 Å². The molecule has 9 nitrogen and oxygen atoms in total. The molecule has 0 aliphatic carbocycles. The lowest BCUT2D eigenvalue weighted by molar-refractivity contribution is -0.277. The highest BCUT2D eigenvalue weighted by molar-refractivity contribution is 5.89. The molecule has 5 atom stereocenters. The molecule has 1 aromatic carbocycles. The van der Waals surface area contributed by atoms with Crippen LogP contribution < -0.4 is 4.74 Å². The van der Waals surface area contributed by atoms with Crippen molar-refractivity contribution in [1.82, 2.24) is 0 Å². The molecule has 9 heteroatoms. The van der Waals surface area contributed by atoms with Crippen molar-refractivity contribution in [3.8, 4) is 5.75 Å². The first-order chi connectivity index (χ1) is 12.4. The fourth-order valence-corrected chi connectivity index (χ4v) is 2.69. The van der Waals surface area contributed by atoms with Crippen molar-refractivity contribution in [3.05, 3.63) is 36.1 Å². The van der Waals surface area contributed by atoms with E-state index in [-0.39, 0.29) is 5.75 Å². The van der Waals surface area contributed by atoms with Gasteiger partial charge in [-0.1, -0.05) is 0 Å². The summed E-state index contributed by atoms with van der Waals surface area (Å²) < 4.78 is 16.2. The van der Waals surface area contributed by atoms with Crippen LogP contribution in [0.15, 0.2) is 35.0 Å². The third kappa shape index (κ3) is 3.57. The topological polar surface area (TPSA) is 150 Å². The van der Waals surface area contributed by atoms with Crippen LogP contribution >= 0.6 is 0 Å². The Morgan fingerprint density at radius 2 is 1.96 bits per heavy atom. The van der Waals surface area contributed by atoms with Gasteiger partial charge in [0.1, 0.15) is 35.7 Å². The van der Waals surface area contributed by atoms with Crippen molar-refractivity contribution < 1.29 is 44.2 Å². The minimum atomic E-state index is -1.59. The van der Waals surface area contributed by atoms with E-state index in [9.17, 15) is 25.2 Å². The van der Waals surface area contributed by atoms with Crippen LogP contribution in [0.5, 0.6) is 5.75 Å². The molecule has 5 N–H and O–H groups in total. The lowest BCUT2D eigenvalue weighted by Crippen LogP contribution is -2.60. The van der Waals surface area contributed by atoms with Crippen molar-refractivity contribution in [2.45, 2.75) is 30.7 Å². The molecule has 1 fully saturated rings. The molecule has 26 heavy (non-hydrogen) atoms. The number of ether oxygens (including phenoxy) is 2. The van der Waals surface area contributed by atoms with Crippen LogP contribution in [0.4, 0.5) is 0 Å². The Labute approximate surface area is 147 Å². The van der Waals surface area contributed by atoms with E-state index in [1.54, 1.807) is 12.1 Å². The number of aliphatic hydroxyl groups is 4. The monoisotopic (exact) mass is 366 g/mol. The van der Waals surface area contributed by atoms with Crippen molar-refractivity contribution in [3.63, 3.8) is 0 Å². The Bertz CT molecular complexity index is 810. The van der Waals surface area contributed by atoms with E-state index in [1.807, 2.05) is 0 Å². The third-order valence-electron chi connectivity index (χ3n) is 4.08. The van der Waals surface area contributed by atoms with Crippen molar-refractivity contribution in [2.24, 2.45) is 0 Å². The van der Waals surface area contributed by atoms with Crippen LogP contribution in [0.2, 0.25) is 0 Å². The standard InChI is InChI=1S/C17H18O9/c18-7-12-14(21)15(22)16(23)17(26-12)25-11-6-10-9(3-4-24-10)5-8(11)1-2-13(19)20/h1-6,12,14-18,21-23H,7H2,(H,19,20). The normalized spacial score (nSPS) is 29.3. The second-order valence-corrected chi connectivity index (χ2v) is 5.84. The van der Waals surface area contributed by atoms with Crippen LogP contribution in [0.1, 0.15) is 5.56 Å². The molecule has 0 radical (unpaired) electrons. The Hall–Kier alpha value is -2.43. The molecule has 3 rings (SSSR count). The maximum atomic E-state index is 10.8. The zero-order valence-electron chi connectivity index (χ0n) is 13.4. The molecule has 2 heterocycles. The fourth-order valence-electron chi connectivity index (χ4n) is 2.69. The first kappa shape index (κ1) is 18.4. The van der Waals surface area contributed by atoms with Gasteiger partial charge in [-0.15, -0.1) is 0 Å². The summed E-state index contributed by atoms with van der Waals surface area (Å²) in [5.41, 5.74) is 0.829. The van der Waals surface area contributed by atoms with Gasteiger partial charge in [0.05, 0.1) is 12.9 Å². The number of rotatable bonds is 5. The number of aliphatic hydroxyl groups excluding tert-OH is 4. The Morgan fingerprint density at radius 3 is 2.65 bits per heavy atom. The van der Waals surface area contributed by atoms with Crippen LogP contribution in [-0.4, -0.2) is 68.8 Å². The Balaban J connectivity index is 1.93. The van der Waals surface area contributed by atoms with Gasteiger partial charge in [-0.05, 0) is 18.2 Å². The molecule has 0 amide bonds. The zero-order valence-corrected chi connectivity index (χ0v) is 13.4. The van der Waals surface area contributed by atoms with Gasteiger partial charge in [-0.3, -0.25) is 0 Å². The average molecular weight is 366 g/mol. The molecule has 1 aliphatic heterocycles. The van der Waals surface area contributed by atoms with Gasteiger partial charge in [-0.2, -0.15) is 0 Å². The highest BCUT2D eigenvalue weighted by atomic mass is 16.7. The summed E-state index contributed by atoms with van der Waals surface area (Å²) in [7, 11) is 0. The van der Waals surface area contributed by atoms with Gasteiger partial charge >= 0.3 is 5.97 Å². The minimum absolute atomic E-state index is 0.134. The maximum Gasteiger partial charge on any atom is 0.328 e. The van der Waals surface area contributed by atoms with Crippen molar-refractivity contribution in [1.29, 1.82) is 0 Å². The first-order valence-electron chi connectivity index (χ1n) is 7.80. The minimum Gasteiger partial charge on any atom is -0.478 e. The summed E-state index contributed by atoms with van der Waals surface area (Å²) in [6.07, 6.45) is -3.53. The van der Waals surface area contributed by atoms with Crippen molar-refractivity contribution >= 4 is 23.0 Å². The van der Waals surface area contributed by atoms with Crippen molar-refractivity contribution in [2.75, 3.05) is 6.61 Å². The number of fused-ring (bicyclic) bond motifs is 1. The highest BCUT2D eigenvalue weighted by Gasteiger charge is 2.44. The van der Waals surface area contributed by atoms with Gasteiger partial charge in [-0.25, -0.2) is 4.79 Å². The number of hydrogen-bond donors (Lipinski definition) is 5. The van der Waals surface area contributed by atoms with Crippen LogP contribution in [0.3, 0.4) is 0 Å². The van der Waals surface area contributed by atoms with Crippen LogP contribution in [0.25, 0.3) is 17.0 Å². The Kier molecular flexibility index (Phi) is 5.25. The van der Waals surface area contributed by atoms with E-state index < -0.39 is 43.3 Å². The van der Waals surface area contributed by atoms with E-state index in [2.05, 4.69) is 0 Å². The van der Waals surface area contributed by atoms with E-state index in [0.717, 1.165) is 6.08 Å². The number of carbonyl (C=O) groups is 1. The molecular formula is C17H18O9. The predicted octanol–water partition coefficient (Wildman–Crippen LogP) is -0.291.